The van der Waals surface area contributed by atoms with Gasteiger partial charge >= 0.3 is 0 Å². The van der Waals surface area contributed by atoms with Gasteiger partial charge in [-0.3, -0.25) is 9.59 Å². The van der Waals surface area contributed by atoms with E-state index in [1.54, 1.807) is 6.33 Å². The van der Waals surface area contributed by atoms with Gasteiger partial charge < -0.3 is 16.0 Å². The Morgan fingerprint density at radius 3 is 2.63 bits per heavy atom. The molecule has 0 bridgehead atoms. The first kappa shape index (κ1) is 21.4. The van der Waals surface area contributed by atoms with Crippen molar-refractivity contribution in [1.29, 1.82) is 0 Å². The maximum absolute atomic E-state index is 12.6. The van der Waals surface area contributed by atoms with Gasteiger partial charge in [-0.25, -0.2) is 9.97 Å². The van der Waals surface area contributed by atoms with Gasteiger partial charge in [0.05, 0.1) is 6.04 Å². The average Bonchev–Trinajstić information content (AvgIpc) is 3.32. The normalized spacial score (nSPS) is 23.0. The number of aryl methyl sites for hydroxylation is 1. The van der Waals surface area contributed by atoms with E-state index in [9.17, 15) is 9.59 Å². The van der Waals surface area contributed by atoms with Gasteiger partial charge in [-0.15, -0.1) is 12.4 Å². The second-order valence-corrected chi connectivity index (χ2v) is 7.96. The Labute approximate surface area is 166 Å². The van der Waals surface area contributed by atoms with Crippen LogP contribution in [0.3, 0.4) is 0 Å². The highest BCUT2D eigenvalue weighted by atomic mass is 35.5. The minimum Gasteiger partial charge on any atom is -0.369 e. The van der Waals surface area contributed by atoms with E-state index in [-0.39, 0.29) is 24.4 Å². The summed E-state index contributed by atoms with van der Waals surface area (Å²) < 4.78 is 0. The second kappa shape index (κ2) is 8.42. The number of halogens is 1. The summed E-state index contributed by atoms with van der Waals surface area (Å²) in [6.07, 6.45) is 6.54. The highest BCUT2D eigenvalue weighted by Crippen LogP contribution is 2.46. The van der Waals surface area contributed by atoms with Gasteiger partial charge in [-0.1, -0.05) is 27.2 Å². The Morgan fingerprint density at radius 1 is 1.37 bits per heavy atom. The number of primary amides is 1. The summed E-state index contributed by atoms with van der Waals surface area (Å²) in [5.74, 6) is 0.948. The molecule has 2 atom stereocenters. The number of nitrogens with two attached hydrogens (primary N) is 1. The molecule has 8 heteroatoms. The molecule has 1 aromatic heterocycles. The minimum absolute atomic E-state index is 0. The minimum atomic E-state index is -0.975. The van der Waals surface area contributed by atoms with E-state index < -0.39 is 11.3 Å². The van der Waals surface area contributed by atoms with Crippen molar-refractivity contribution in [2.75, 3.05) is 18.0 Å². The third-order valence-electron chi connectivity index (χ3n) is 5.78. The fourth-order valence-electron chi connectivity index (χ4n) is 3.93. The molecule has 3 N–H and O–H groups in total. The molecule has 2 fully saturated rings. The summed E-state index contributed by atoms with van der Waals surface area (Å²) in [7, 11) is 0. The SMILES string of the molecule is CCCc1cncnc1N1C[C@H](NC(=O)C2(C(N)=O)CC2)[C@@H](C(C)C)C1.Cl. The number of carbonyl (C=O) groups excluding carboxylic acids is 2. The van der Waals surface area contributed by atoms with Crippen molar-refractivity contribution in [3.05, 3.63) is 18.1 Å². The number of nitrogens with one attached hydrogen (secondary N) is 1. The van der Waals surface area contributed by atoms with Crippen LogP contribution < -0.4 is 16.0 Å². The molecule has 0 unspecified atom stereocenters. The summed E-state index contributed by atoms with van der Waals surface area (Å²) >= 11 is 0. The third-order valence-corrected chi connectivity index (χ3v) is 5.78. The highest BCUT2D eigenvalue weighted by Gasteiger charge is 2.56. The molecule has 1 saturated carbocycles. The molecule has 0 aromatic carbocycles. The number of nitrogens with zero attached hydrogens (tertiary/aromatic N) is 3. The van der Waals surface area contributed by atoms with Crippen LogP contribution in [0.1, 0.15) is 45.6 Å². The molecule has 150 valence electrons. The molecule has 0 radical (unpaired) electrons. The summed E-state index contributed by atoms with van der Waals surface area (Å²) in [4.78, 5) is 35.2. The van der Waals surface area contributed by atoms with Crippen molar-refractivity contribution in [2.45, 2.75) is 52.5 Å². The molecule has 2 amide bonds. The average molecular weight is 396 g/mol. The molecule has 3 rings (SSSR count). The van der Waals surface area contributed by atoms with E-state index >= 15 is 0 Å². The smallest absolute Gasteiger partial charge is 0.235 e. The van der Waals surface area contributed by atoms with E-state index in [2.05, 4.69) is 41.0 Å². The molecule has 1 aliphatic carbocycles. The molecule has 2 aliphatic rings. The first-order valence-electron chi connectivity index (χ1n) is 9.53. The van der Waals surface area contributed by atoms with Gasteiger partial charge in [0.15, 0.2) is 0 Å². The van der Waals surface area contributed by atoms with Crippen LogP contribution in [-0.4, -0.2) is 40.9 Å². The number of aromatic nitrogens is 2. The van der Waals surface area contributed by atoms with Crippen LogP contribution in [0, 0.1) is 17.3 Å². The predicted octanol–water partition coefficient (Wildman–Crippen LogP) is 1.69. The Bertz CT molecular complexity index is 692. The largest absolute Gasteiger partial charge is 0.369 e. The fourth-order valence-corrected chi connectivity index (χ4v) is 3.93. The van der Waals surface area contributed by atoms with Crippen molar-refractivity contribution in [3.8, 4) is 0 Å². The number of hydrogen-bond acceptors (Lipinski definition) is 5. The van der Waals surface area contributed by atoms with Gasteiger partial charge in [0.1, 0.15) is 17.6 Å². The fraction of sp³-hybridized carbons (Fsp3) is 0.684. The molecule has 1 saturated heterocycles. The zero-order valence-electron chi connectivity index (χ0n) is 16.3. The van der Waals surface area contributed by atoms with Crippen molar-refractivity contribution < 1.29 is 9.59 Å². The lowest BCUT2D eigenvalue weighted by Gasteiger charge is -2.24. The molecule has 1 aromatic rings. The zero-order valence-corrected chi connectivity index (χ0v) is 17.1. The molecule has 2 heterocycles. The van der Waals surface area contributed by atoms with Gasteiger partial charge in [0.25, 0.3) is 0 Å². The summed E-state index contributed by atoms with van der Waals surface area (Å²) in [5, 5.41) is 3.12. The number of hydrogen-bond donors (Lipinski definition) is 2. The summed E-state index contributed by atoms with van der Waals surface area (Å²) in [6, 6.07) is -0.0104. The molecular formula is C19H30ClN5O2. The maximum atomic E-state index is 12.6. The quantitative estimate of drug-likeness (QED) is 0.684. The van der Waals surface area contributed by atoms with Crippen molar-refractivity contribution in [1.82, 2.24) is 15.3 Å². The highest BCUT2D eigenvalue weighted by molar-refractivity contribution is 6.07. The van der Waals surface area contributed by atoms with E-state index in [0.29, 0.717) is 31.2 Å². The lowest BCUT2D eigenvalue weighted by molar-refractivity contribution is -0.136. The van der Waals surface area contributed by atoms with Crippen LogP contribution in [0.15, 0.2) is 12.5 Å². The standard InChI is InChI=1S/C19H29N5O2.ClH/c1-4-5-13-8-21-11-22-16(13)24-9-14(12(2)3)15(10-24)23-18(26)19(6-7-19)17(20)25;/h8,11-12,14-15H,4-7,9-10H2,1-3H3,(H2,20,25)(H,23,26);1H/t14-,15+;/m1./s1. The van der Waals surface area contributed by atoms with Gasteiger partial charge in [-0.2, -0.15) is 0 Å². The Balaban J connectivity index is 0.00000261. The summed E-state index contributed by atoms with van der Waals surface area (Å²) in [6.45, 7) is 8.00. The van der Waals surface area contributed by atoms with E-state index in [1.165, 1.54) is 0 Å². The first-order chi connectivity index (χ1) is 12.4. The number of carbonyl (C=O) groups is 2. The van der Waals surface area contributed by atoms with Crippen molar-refractivity contribution >= 4 is 30.0 Å². The number of anilines is 1. The molecule has 7 nitrogen and oxygen atoms in total. The molecule has 1 aliphatic heterocycles. The van der Waals surface area contributed by atoms with Gasteiger partial charge in [0, 0.05) is 30.8 Å². The Kier molecular flexibility index (Phi) is 6.68. The topological polar surface area (TPSA) is 101 Å². The number of rotatable bonds is 7. The van der Waals surface area contributed by atoms with Crippen LogP contribution >= 0.6 is 12.4 Å². The van der Waals surface area contributed by atoms with Crippen LogP contribution in [0.2, 0.25) is 0 Å². The van der Waals surface area contributed by atoms with E-state index in [4.69, 9.17) is 5.73 Å². The predicted molar refractivity (Wildman–Crippen MR) is 107 cm³/mol. The van der Waals surface area contributed by atoms with Crippen molar-refractivity contribution in [3.63, 3.8) is 0 Å². The third kappa shape index (κ3) is 4.18. The van der Waals surface area contributed by atoms with Crippen LogP contribution in [-0.2, 0) is 16.0 Å². The van der Waals surface area contributed by atoms with Crippen LogP contribution in [0.25, 0.3) is 0 Å². The first-order valence-corrected chi connectivity index (χ1v) is 9.53. The molecule has 0 spiro atoms. The lowest BCUT2D eigenvalue weighted by Crippen LogP contribution is -2.48. The van der Waals surface area contributed by atoms with E-state index in [1.807, 2.05) is 6.20 Å². The van der Waals surface area contributed by atoms with Gasteiger partial charge in [-0.05, 0) is 25.2 Å². The Hall–Kier alpha value is -1.89. The van der Waals surface area contributed by atoms with Crippen LogP contribution in [0.5, 0.6) is 0 Å². The second-order valence-electron chi connectivity index (χ2n) is 7.96. The van der Waals surface area contributed by atoms with Gasteiger partial charge in [0.2, 0.25) is 11.8 Å². The number of amides is 2. The van der Waals surface area contributed by atoms with E-state index in [0.717, 1.165) is 30.8 Å². The lowest BCUT2D eigenvalue weighted by atomic mass is 9.90. The monoisotopic (exact) mass is 395 g/mol. The zero-order chi connectivity index (χ0) is 18.9. The molecular weight excluding hydrogens is 366 g/mol. The van der Waals surface area contributed by atoms with Crippen LogP contribution in [0.4, 0.5) is 5.82 Å². The molecule has 27 heavy (non-hydrogen) atoms. The Morgan fingerprint density at radius 2 is 2.07 bits per heavy atom. The summed E-state index contributed by atoms with van der Waals surface area (Å²) in [5.41, 5.74) is 5.61. The van der Waals surface area contributed by atoms with Crippen molar-refractivity contribution in [2.24, 2.45) is 23.0 Å². The maximum Gasteiger partial charge on any atom is 0.235 e.